The van der Waals surface area contributed by atoms with Crippen molar-refractivity contribution in [2.75, 3.05) is 16.8 Å². The van der Waals surface area contributed by atoms with Crippen molar-refractivity contribution in [3.05, 3.63) is 93.4 Å². The fraction of sp³-hybridized carbons (Fsp3) is 0.174. The molecule has 1 fully saturated rings. The van der Waals surface area contributed by atoms with E-state index < -0.39 is 0 Å². The molecule has 0 aliphatic carbocycles. The van der Waals surface area contributed by atoms with Crippen LogP contribution in [0.2, 0.25) is 5.02 Å². The van der Waals surface area contributed by atoms with E-state index in [-0.39, 0.29) is 17.4 Å². The van der Waals surface area contributed by atoms with Gasteiger partial charge in [-0.05, 0) is 42.3 Å². The third kappa shape index (κ3) is 4.28. The first kappa shape index (κ1) is 19.9. The van der Waals surface area contributed by atoms with Crippen molar-refractivity contribution in [1.29, 1.82) is 0 Å². The largest absolute Gasteiger partial charge is 0.321 e. The van der Waals surface area contributed by atoms with Gasteiger partial charge in [-0.1, -0.05) is 35.9 Å². The predicted molar refractivity (Wildman–Crippen MR) is 117 cm³/mol. The van der Waals surface area contributed by atoms with Crippen LogP contribution in [0.5, 0.6) is 0 Å². The van der Waals surface area contributed by atoms with Gasteiger partial charge in [-0.15, -0.1) is 0 Å². The van der Waals surface area contributed by atoms with E-state index >= 15 is 0 Å². The summed E-state index contributed by atoms with van der Waals surface area (Å²) in [5.74, 6) is -0.245. The minimum atomic E-state index is -0.313. The normalized spacial score (nSPS) is 13.5. The van der Waals surface area contributed by atoms with Gasteiger partial charge in [0.1, 0.15) is 0 Å². The first-order chi connectivity index (χ1) is 14.5. The van der Waals surface area contributed by atoms with E-state index in [0.29, 0.717) is 41.5 Å². The standard InChI is InChI=1S/C23H20ClN3O3/c24-20-8-2-1-5-17(20)14-26-15-18(10-11-21(26)28)25-23(30)16-6-3-7-19(13-16)27-12-4-9-22(27)29/h1-3,5-8,10-11,13,15H,4,9,12,14H2,(H,25,30). The van der Waals surface area contributed by atoms with Gasteiger partial charge in [-0.25, -0.2) is 0 Å². The van der Waals surface area contributed by atoms with E-state index in [1.54, 1.807) is 41.4 Å². The number of carbonyl (C=O) groups is 2. The zero-order chi connectivity index (χ0) is 21.1. The van der Waals surface area contributed by atoms with Crippen LogP contribution in [-0.4, -0.2) is 22.9 Å². The number of nitrogens with zero attached hydrogens (tertiary/aromatic N) is 2. The van der Waals surface area contributed by atoms with Crippen molar-refractivity contribution in [1.82, 2.24) is 4.57 Å². The summed E-state index contributed by atoms with van der Waals surface area (Å²) in [4.78, 5) is 38.7. The molecular weight excluding hydrogens is 402 g/mol. The Morgan fingerprint density at radius 2 is 1.87 bits per heavy atom. The van der Waals surface area contributed by atoms with Gasteiger partial charge in [0.05, 0.1) is 12.2 Å². The molecule has 1 aliphatic rings. The van der Waals surface area contributed by atoms with Crippen LogP contribution >= 0.6 is 11.6 Å². The minimum Gasteiger partial charge on any atom is -0.321 e. The summed E-state index contributed by atoms with van der Waals surface area (Å²) >= 11 is 6.20. The molecule has 6 nitrogen and oxygen atoms in total. The Labute approximate surface area is 178 Å². The van der Waals surface area contributed by atoms with Gasteiger partial charge in [0.15, 0.2) is 0 Å². The summed E-state index contributed by atoms with van der Waals surface area (Å²) in [5.41, 5.74) is 2.27. The molecule has 1 aromatic heterocycles. The van der Waals surface area contributed by atoms with Crippen molar-refractivity contribution in [3.8, 4) is 0 Å². The van der Waals surface area contributed by atoms with Crippen LogP contribution in [0.25, 0.3) is 0 Å². The number of hydrogen-bond acceptors (Lipinski definition) is 3. The van der Waals surface area contributed by atoms with Crippen LogP contribution in [0.1, 0.15) is 28.8 Å². The van der Waals surface area contributed by atoms with Gasteiger partial charge in [0, 0.05) is 41.5 Å². The molecular formula is C23H20ClN3O3. The number of rotatable bonds is 5. The monoisotopic (exact) mass is 421 g/mol. The molecule has 3 aromatic rings. The van der Waals surface area contributed by atoms with E-state index in [9.17, 15) is 14.4 Å². The van der Waals surface area contributed by atoms with E-state index in [1.165, 1.54) is 10.6 Å². The van der Waals surface area contributed by atoms with Crippen LogP contribution in [0.4, 0.5) is 11.4 Å². The number of hydrogen-bond donors (Lipinski definition) is 1. The summed E-state index contributed by atoms with van der Waals surface area (Å²) in [6.07, 6.45) is 2.95. The SMILES string of the molecule is O=C(Nc1ccc(=O)n(Cc2ccccc2Cl)c1)c1cccc(N2CCCC2=O)c1. The second-order valence-corrected chi connectivity index (χ2v) is 7.54. The van der Waals surface area contributed by atoms with E-state index in [0.717, 1.165) is 12.0 Å². The molecule has 7 heteroatoms. The van der Waals surface area contributed by atoms with Gasteiger partial charge < -0.3 is 14.8 Å². The number of aromatic nitrogens is 1. The molecule has 152 valence electrons. The maximum atomic E-state index is 12.7. The molecule has 0 unspecified atom stereocenters. The number of pyridine rings is 1. The number of nitrogens with one attached hydrogen (secondary N) is 1. The molecule has 0 atom stereocenters. The summed E-state index contributed by atoms with van der Waals surface area (Å²) in [5, 5.41) is 3.40. The Morgan fingerprint density at radius 1 is 1.03 bits per heavy atom. The quantitative estimate of drug-likeness (QED) is 0.678. The highest BCUT2D eigenvalue weighted by Gasteiger charge is 2.22. The van der Waals surface area contributed by atoms with Gasteiger partial charge >= 0.3 is 0 Å². The van der Waals surface area contributed by atoms with Crippen LogP contribution in [0.15, 0.2) is 71.7 Å². The smallest absolute Gasteiger partial charge is 0.255 e. The molecule has 0 bridgehead atoms. The topological polar surface area (TPSA) is 71.4 Å². The van der Waals surface area contributed by atoms with Gasteiger partial charge in [-0.2, -0.15) is 0 Å². The second-order valence-electron chi connectivity index (χ2n) is 7.13. The zero-order valence-electron chi connectivity index (χ0n) is 16.2. The molecule has 2 heterocycles. The highest BCUT2D eigenvalue weighted by atomic mass is 35.5. The number of benzene rings is 2. The lowest BCUT2D eigenvalue weighted by atomic mass is 10.1. The predicted octanol–water partition coefficient (Wildman–Crippen LogP) is 3.93. The van der Waals surface area contributed by atoms with E-state index in [2.05, 4.69) is 5.32 Å². The van der Waals surface area contributed by atoms with Gasteiger partial charge in [0.25, 0.3) is 11.5 Å². The van der Waals surface area contributed by atoms with Crippen LogP contribution in [0.3, 0.4) is 0 Å². The molecule has 30 heavy (non-hydrogen) atoms. The fourth-order valence-electron chi connectivity index (χ4n) is 3.48. The molecule has 1 saturated heterocycles. The fourth-order valence-corrected chi connectivity index (χ4v) is 3.67. The lowest BCUT2D eigenvalue weighted by Gasteiger charge is -2.16. The third-order valence-corrected chi connectivity index (χ3v) is 5.40. The Hall–Kier alpha value is -3.38. The van der Waals surface area contributed by atoms with Crippen molar-refractivity contribution >= 4 is 34.8 Å². The maximum absolute atomic E-state index is 12.7. The molecule has 1 aliphatic heterocycles. The van der Waals surface area contributed by atoms with Gasteiger partial charge in [-0.3, -0.25) is 14.4 Å². The first-order valence-electron chi connectivity index (χ1n) is 9.67. The molecule has 0 spiro atoms. The number of amides is 2. The molecule has 0 radical (unpaired) electrons. The second kappa shape index (κ2) is 8.55. The summed E-state index contributed by atoms with van der Waals surface area (Å²) in [6.45, 7) is 0.964. The van der Waals surface area contributed by atoms with Crippen LogP contribution < -0.4 is 15.8 Å². The molecule has 0 saturated carbocycles. The molecule has 2 amide bonds. The average Bonchev–Trinajstić information content (AvgIpc) is 3.18. The average molecular weight is 422 g/mol. The summed E-state index contributed by atoms with van der Waals surface area (Å²) in [7, 11) is 0. The lowest BCUT2D eigenvalue weighted by Crippen LogP contribution is -2.24. The molecule has 2 aromatic carbocycles. The Morgan fingerprint density at radius 3 is 2.63 bits per heavy atom. The maximum Gasteiger partial charge on any atom is 0.255 e. The highest BCUT2D eigenvalue weighted by molar-refractivity contribution is 6.31. The highest BCUT2D eigenvalue weighted by Crippen LogP contribution is 2.23. The number of carbonyl (C=O) groups excluding carboxylic acids is 2. The van der Waals surface area contributed by atoms with Crippen molar-refractivity contribution in [3.63, 3.8) is 0 Å². The summed E-state index contributed by atoms with van der Waals surface area (Å²) in [6, 6.07) is 17.3. The first-order valence-corrected chi connectivity index (χ1v) is 10.0. The van der Waals surface area contributed by atoms with Crippen molar-refractivity contribution < 1.29 is 9.59 Å². The van der Waals surface area contributed by atoms with E-state index in [1.807, 2.05) is 24.3 Å². The number of halogens is 1. The number of anilines is 2. The van der Waals surface area contributed by atoms with Crippen molar-refractivity contribution in [2.45, 2.75) is 19.4 Å². The Balaban J connectivity index is 1.53. The zero-order valence-corrected chi connectivity index (χ0v) is 16.9. The lowest BCUT2D eigenvalue weighted by molar-refractivity contribution is -0.117. The van der Waals surface area contributed by atoms with Gasteiger partial charge in [0.2, 0.25) is 5.91 Å². The van der Waals surface area contributed by atoms with Crippen LogP contribution in [-0.2, 0) is 11.3 Å². The van der Waals surface area contributed by atoms with E-state index in [4.69, 9.17) is 11.6 Å². The molecule has 1 N–H and O–H groups in total. The Bertz CT molecular complexity index is 1170. The summed E-state index contributed by atoms with van der Waals surface area (Å²) < 4.78 is 1.50. The van der Waals surface area contributed by atoms with Crippen molar-refractivity contribution in [2.24, 2.45) is 0 Å². The minimum absolute atomic E-state index is 0.0687. The Kier molecular flexibility index (Phi) is 5.68. The van der Waals surface area contributed by atoms with Crippen LogP contribution in [0, 0.1) is 0 Å². The molecule has 4 rings (SSSR count). The third-order valence-electron chi connectivity index (χ3n) is 5.03.